The van der Waals surface area contributed by atoms with Gasteiger partial charge >= 0.3 is 12.3 Å². The fourth-order valence-corrected chi connectivity index (χ4v) is 4.03. The molecule has 1 atom stereocenters. The second-order valence-electron chi connectivity index (χ2n) is 8.82. The second kappa shape index (κ2) is 7.44. The van der Waals surface area contributed by atoms with E-state index in [4.69, 9.17) is 9.47 Å². The summed E-state index contributed by atoms with van der Waals surface area (Å²) >= 11 is 0. The van der Waals surface area contributed by atoms with E-state index in [-0.39, 0.29) is 23.4 Å². The smallest absolute Gasteiger partial charge is 0.433 e. The molecule has 1 aliphatic carbocycles. The molecule has 1 saturated heterocycles. The van der Waals surface area contributed by atoms with Crippen LogP contribution in [-0.2, 0) is 10.9 Å². The zero-order valence-electron chi connectivity index (χ0n) is 16.5. The summed E-state index contributed by atoms with van der Waals surface area (Å²) in [5, 5.41) is 0. The Balaban J connectivity index is 1.54. The molecule has 1 saturated carbocycles. The van der Waals surface area contributed by atoms with Crippen LogP contribution < -0.4 is 4.74 Å². The van der Waals surface area contributed by atoms with Crippen molar-refractivity contribution in [3.8, 4) is 5.75 Å². The average molecular weight is 400 g/mol. The van der Waals surface area contributed by atoms with E-state index < -0.39 is 17.5 Å². The SMILES string of the molecule is CC(C)(C)OC(=O)N1CCC2(CCC(Oc3ccnc(C(F)(F)F)c3)C2)CC1. The molecule has 8 heteroatoms. The fraction of sp³-hybridized carbons (Fsp3) is 0.700. The normalized spacial score (nSPS) is 22.4. The Morgan fingerprint density at radius 1 is 1.21 bits per heavy atom. The first-order valence-corrected chi connectivity index (χ1v) is 9.64. The molecule has 3 rings (SSSR count). The molecule has 1 spiro atoms. The lowest BCUT2D eigenvalue weighted by Crippen LogP contribution is -2.44. The van der Waals surface area contributed by atoms with E-state index >= 15 is 0 Å². The number of carbonyl (C=O) groups excluding carboxylic acids is 1. The molecule has 0 N–H and O–H groups in total. The van der Waals surface area contributed by atoms with Crippen LogP contribution in [0, 0.1) is 5.41 Å². The standard InChI is InChI=1S/C20H27F3N2O3/c1-18(2,3)28-17(26)25-10-7-19(8-11-25)6-4-15(13-19)27-14-5-9-24-16(12-14)20(21,22)23/h5,9,12,15H,4,6-8,10-11,13H2,1-3H3. The highest BCUT2D eigenvalue weighted by molar-refractivity contribution is 5.68. The molecule has 1 unspecified atom stereocenters. The van der Waals surface area contributed by atoms with Gasteiger partial charge in [-0.15, -0.1) is 0 Å². The quantitative estimate of drug-likeness (QED) is 0.697. The molecular weight excluding hydrogens is 373 g/mol. The number of piperidine rings is 1. The van der Waals surface area contributed by atoms with Gasteiger partial charge in [-0.3, -0.25) is 4.98 Å². The number of alkyl halides is 3. The number of nitrogens with zero attached hydrogens (tertiary/aromatic N) is 2. The van der Waals surface area contributed by atoms with E-state index in [1.165, 1.54) is 6.07 Å². The third kappa shape index (κ3) is 5.08. The number of rotatable bonds is 2. The summed E-state index contributed by atoms with van der Waals surface area (Å²) in [6.07, 6.45) is 0.506. The first kappa shape index (κ1) is 20.7. The van der Waals surface area contributed by atoms with Crippen LogP contribution in [-0.4, -0.2) is 40.8 Å². The van der Waals surface area contributed by atoms with Crippen molar-refractivity contribution in [1.29, 1.82) is 0 Å². The van der Waals surface area contributed by atoms with Crippen molar-refractivity contribution in [3.63, 3.8) is 0 Å². The Kier molecular flexibility index (Phi) is 5.51. The second-order valence-corrected chi connectivity index (χ2v) is 8.82. The minimum atomic E-state index is -4.48. The van der Waals surface area contributed by atoms with E-state index in [0.717, 1.165) is 44.4 Å². The van der Waals surface area contributed by atoms with Gasteiger partial charge < -0.3 is 14.4 Å². The Labute approximate surface area is 163 Å². The van der Waals surface area contributed by atoms with Gasteiger partial charge in [-0.1, -0.05) is 0 Å². The van der Waals surface area contributed by atoms with Gasteiger partial charge in [-0.05, 0) is 64.4 Å². The molecule has 28 heavy (non-hydrogen) atoms. The fourth-order valence-electron chi connectivity index (χ4n) is 4.03. The van der Waals surface area contributed by atoms with Gasteiger partial charge in [0.2, 0.25) is 0 Å². The number of halogens is 3. The summed E-state index contributed by atoms with van der Waals surface area (Å²) in [5.74, 6) is 0.204. The van der Waals surface area contributed by atoms with Gasteiger partial charge in [0, 0.05) is 25.4 Å². The van der Waals surface area contributed by atoms with Crippen molar-refractivity contribution < 1.29 is 27.4 Å². The number of carbonyl (C=O) groups is 1. The van der Waals surface area contributed by atoms with Crippen LogP contribution in [0.3, 0.4) is 0 Å². The lowest BCUT2D eigenvalue weighted by molar-refractivity contribution is -0.141. The number of pyridine rings is 1. The molecule has 2 aliphatic rings. The Hall–Kier alpha value is -1.99. The largest absolute Gasteiger partial charge is 0.490 e. The number of likely N-dealkylation sites (tertiary alicyclic amines) is 1. The summed E-state index contributed by atoms with van der Waals surface area (Å²) in [5.41, 5.74) is -1.37. The van der Waals surface area contributed by atoms with Crippen LogP contribution in [0.4, 0.5) is 18.0 Å². The van der Waals surface area contributed by atoms with Crippen molar-refractivity contribution in [1.82, 2.24) is 9.88 Å². The predicted octanol–water partition coefficient (Wildman–Crippen LogP) is 5.05. The number of amides is 1. The van der Waals surface area contributed by atoms with Gasteiger partial charge in [0.1, 0.15) is 17.0 Å². The summed E-state index contributed by atoms with van der Waals surface area (Å²) in [6.45, 7) is 6.81. The van der Waals surface area contributed by atoms with Gasteiger partial charge in [-0.25, -0.2) is 4.79 Å². The lowest BCUT2D eigenvalue weighted by atomic mass is 9.77. The van der Waals surface area contributed by atoms with Crippen LogP contribution >= 0.6 is 0 Å². The minimum Gasteiger partial charge on any atom is -0.490 e. The number of aromatic nitrogens is 1. The molecule has 156 valence electrons. The molecular formula is C20H27F3N2O3. The Bertz CT molecular complexity index is 707. The predicted molar refractivity (Wildman–Crippen MR) is 97.0 cm³/mol. The Morgan fingerprint density at radius 2 is 1.89 bits per heavy atom. The third-order valence-corrected chi connectivity index (χ3v) is 5.46. The molecule has 2 heterocycles. The molecule has 0 aromatic carbocycles. The average Bonchev–Trinajstić information content (AvgIpc) is 2.95. The first-order valence-electron chi connectivity index (χ1n) is 9.64. The van der Waals surface area contributed by atoms with Crippen LogP contribution in [0.1, 0.15) is 58.6 Å². The van der Waals surface area contributed by atoms with Crippen LogP contribution in [0.2, 0.25) is 0 Å². The van der Waals surface area contributed by atoms with E-state index in [1.54, 1.807) is 4.90 Å². The summed E-state index contributed by atoms with van der Waals surface area (Å²) in [4.78, 5) is 17.3. The summed E-state index contributed by atoms with van der Waals surface area (Å²) in [6, 6.07) is 2.42. The topological polar surface area (TPSA) is 51.7 Å². The van der Waals surface area contributed by atoms with E-state index in [9.17, 15) is 18.0 Å². The van der Waals surface area contributed by atoms with Crippen molar-refractivity contribution in [3.05, 3.63) is 24.0 Å². The van der Waals surface area contributed by atoms with Gasteiger partial charge in [0.05, 0.1) is 6.10 Å². The number of ether oxygens (including phenoxy) is 2. The van der Waals surface area contributed by atoms with Gasteiger partial charge in [0.15, 0.2) is 0 Å². The molecule has 5 nitrogen and oxygen atoms in total. The molecule has 2 fully saturated rings. The zero-order valence-corrected chi connectivity index (χ0v) is 16.5. The lowest BCUT2D eigenvalue weighted by Gasteiger charge is -2.39. The van der Waals surface area contributed by atoms with E-state index in [1.807, 2.05) is 20.8 Å². The highest BCUT2D eigenvalue weighted by Crippen LogP contribution is 2.47. The van der Waals surface area contributed by atoms with Gasteiger partial charge in [-0.2, -0.15) is 13.2 Å². The highest BCUT2D eigenvalue weighted by atomic mass is 19.4. The molecule has 1 aromatic heterocycles. The van der Waals surface area contributed by atoms with Crippen molar-refractivity contribution >= 4 is 6.09 Å². The molecule has 1 aliphatic heterocycles. The van der Waals surface area contributed by atoms with Crippen molar-refractivity contribution in [2.24, 2.45) is 5.41 Å². The van der Waals surface area contributed by atoms with Crippen molar-refractivity contribution in [2.45, 2.75) is 70.8 Å². The number of hydrogen-bond acceptors (Lipinski definition) is 4. The molecule has 0 radical (unpaired) electrons. The maximum Gasteiger partial charge on any atom is 0.433 e. The zero-order chi connectivity index (χ0) is 20.6. The van der Waals surface area contributed by atoms with Gasteiger partial charge in [0.25, 0.3) is 0 Å². The van der Waals surface area contributed by atoms with Crippen LogP contribution in [0.15, 0.2) is 18.3 Å². The third-order valence-electron chi connectivity index (χ3n) is 5.46. The first-order chi connectivity index (χ1) is 13.0. The van der Waals surface area contributed by atoms with Crippen LogP contribution in [0.25, 0.3) is 0 Å². The minimum absolute atomic E-state index is 0.0864. The molecule has 1 amide bonds. The molecule has 0 bridgehead atoms. The maximum atomic E-state index is 12.8. The van der Waals surface area contributed by atoms with Crippen molar-refractivity contribution in [2.75, 3.05) is 13.1 Å². The highest BCUT2D eigenvalue weighted by Gasteiger charge is 2.43. The Morgan fingerprint density at radius 3 is 2.50 bits per heavy atom. The maximum absolute atomic E-state index is 12.8. The summed E-state index contributed by atoms with van der Waals surface area (Å²) < 4.78 is 49.7. The summed E-state index contributed by atoms with van der Waals surface area (Å²) in [7, 11) is 0. The number of hydrogen-bond donors (Lipinski definition) is 0. The molecule has 1 aromatic rings. The monoisotopic (exact) mass is 400 g/mol. The van der Waals surface area contributed by atoms with E-state index in [2.05, 4.69) is 4.98 Å². The van der Waals surface area contributed by atoms with Crippen LogP contribution in [0.5, 0.6) is 5.75 Å². The van der Waals surface area contributed by atoms with E-state index in [0.29, 0.717) is 13.1 Å².